The van der Waals surface area contributed by atoms with Gasteiger partial charge in [-0.3, -0.25) is 9.78 Å². The van der Waals surface area contributed by atoms with Crippen molar-refractivity contribution in [3.05, 3.63) is 65.7 Å². The van der Waals surface area contributed by atoms with Crippen LogP contribution in [0.5, 0.6) is 0 Å². The van der Waals surface area contributed by atoms with Crippen molar-refractivity contribution >= 4 is 5.91 Å². The molecule has 0 radical (unpaired) electrons. The fourth-order valence-electron chi connectivity index (χ4n) is 2.77. The zero-order valence-electron chi connectivity index (χ0n) is 12.8. The second-order valence-electron chi connectivity index (χ2n) is 5.57. The van der Waals surface area contributed by atoms with E-state index in [1.54, 1.807) is 18.3 Å². The Bertz CT molecular complexity index is 640. The summed E-state index contributed by atoms with van der Waals surface area (Å²) >= 11 is 0. The van der Waals surface area contributed by atoms with E-state index < -0.39 is 0 Å². The number of aromatic nitrogens is 1. The number of amides is 1. The van der Waals surface area contributed by atoms with Gasteiger partial charge in [-0.1, -0.05) is 18.2 Å². The van der Waals surface area contributed by atoms with Crippen LogP contribution in [0.4, 0.5) is 4.39 Å². The molecule has 1 atom stereocenters. The normalized spacial score (nSPS) is 16.1. The maximum Gasteiger partial charge on any atom is 0.230 e. The average molecular weight is 314 g/mol. The largest absolute Gasteiger partial charge is 0.378 e. The van der Waals surface area contributed by atoms with E-state index >= 15 is 0 Å². The molecule has 1 saturated heterocycles. The third-order valence-electron chi connectivity index (χ3n) is 4.03. The third kappa shape index (κ3) is 3.93. The van der Waals surface area contributed by atoms with Gasteiger partial charge in [0.1, 0.15) is 5.82 Å². The van der Waals surface area contributed by atoms with E-state index in [2.05, 4.69) is 4.98 Å². The van der Waals surface area contributed by atoms with Gasteiger partial charge in [-0.15, -0.1) is 0 Å². The van der Waals surface area contributed by atoms with Gasteiger partial charge in [-0.05, 0) is 29.8 Å². The summed E-state index contributed by atoms with van der Waals surface area (Å²) < 4.78 is 18.5. The SMILES string of the molecule is O=C(C(Cc1ccccn1)c1ccc(F)cc1)N1CCOCC1. The first-order chi connectivity index (χ1) is 11.2. The number of carbonyl (C=O) groups is 1. The van der Waals surface area contributed by atoms with Crippen molar-refractivity contribution in [2.75, 3.05) is 26.3 Å². The lowest BCUT2D eigenvalue weighted by atomic mass is 9.92. The van der Waals surface area contributed by atoms with Crippen LogP contribution in [0.25, 0.3) is 0 Å². The maximum atomic E-state index is 13.2. The van der Waals surface area contributed by atoms with Gasteiger partial charge in [0.05, 0.1) is 19.1 Å². The predicted molar refractivity (Wildman–Crippen MR) is 84.5 cm³/mol. The lowest BCUT2D eigenvalue weighted by molar-refractivity contribution is -0.136. The number of ether oxygens (including phenoxy) is 1. The molecule has 0 aliphatic carbocycles. The Labute approximate surface area is 134 Å². The first-order valence-electron chi connectivity index (χ1n) is 7.76. The Hall–Kier alpha value is -2.27. The van der Waals surface area contributed by atoms with E-state index in [4.69, 9.17) is 4.74 Å². The zero-order chi connectivity index (χ0) is 16.1. The molecule has 3 rings (SSSR count). The molecule has 1 fully saturated rings. The molecule has 1 aromatic carbocycles. The number of benzene rings is 1. The van der Waals surface area contributed by atoms with Crippen LogP contribution in [-0.2, 0) is 16.0 Å². The van der Waals surface area contributed by atoms with E-state index in [0.29, 0.717) is 32.7 Å². The number of morpholine rings is 1. The van der Waals surface area contributed by atoms with Gasteiger partial charge in [0.25, 0.3) is 0 Å². The topological polar surface area (TPSA) is 42.4 Å². The molecule has 2 aromatic rings. The Morgan fingerprint density at radius 3 is 2.57 bits per heavy atom. The lowest BCUT2D eigenvalue weighted by Crippen LogP contribution is -2.43. The molecule has 120 valence electrons. The van der Waals surface area contributed by atoms with Crippen molar-refractivity contribution in [3.63, 3.8) is 0 Å². The molecular weight excluding hydrogens is 295 g/mol. The number of hydrogen-bond acceptors (Lipinski definition) is 3. The summed E-state index contributed by atoms with van der Waals surface area (Å²) in [5, 5.41) is 0. The van der Waals surface area contributed by atoms with Crippen molar-refractivity contribution in [3.8, 4) is 0 Å². The molecule has 23 heavy (non-hydrogen) atoms. The average Bonchev–Trinajstić information content (AvgIpc) is 2.62. The van der Waals surface area contributed by atoms with Gasteiger partial charge in [-0.2, -0.15) is 0 Å². The summed E-state index contributed by atoms with van der Waals surface area (Å²) in [7, 11) is 0. The molecule has 0 spiro atoms. The summed E-state index contributed by atoms with van der Waals surface area (Å²) in [6.07, 6.45) is 2.22. The summed E-state index contributed by atoms with van der Waals surface area (Å²) in [5.74, 6) is -0.613. The van der Waals surface area contributed by atoms with Crippen LogP contribution in [0.15, 0.2) is 48.7 Å². The number of rotatable bonds is 4. The summed E-state index contributed by atoms with van der Waals surface area (Å²) in [5.41, 5.74) is 1.66. The fraction of sp³-hybridized carbons (Fsp3) is 0.333. The third-order valence-corrected chi connectivity index (χ3v) is 4.03. The molecule has 1 unspecified atom stereocenters. The number of halogens is 1. The highest BCUT2D eigenvalue weighted by atomic mass is 19.1. The zero-order valence-corrected chi connectivity index (χ0v) is 12.8. The maximum absolute atomic E-state index is 13.2. The molecule has 1 aliphatic heterocycles. The van der Waals surface area contributed by atoms with Gasteiger partial charge < -0.3 is 9.64 Å². The molecule has 0 N–H and O–H groups in total. The highest BCUT2D eigenvalue weighted by molar-refractivity contribution is 5.84. The van der Waals surface area contributed by atoms with Crippen LogP contribution in [0.1, 0.15) is 17.2 Å². The van der Waals surface area contributed by atoms with Crippen LogP contribution >= 0.6 is 0 Å². The number of pyridine rings is 1. The second kappa shape index (κ2) is 7.33. The van der Waals surface area contributed by atoms with Crippen LogP contribution < -0.4 is 0 Å². The van der Waals surface area contributed by atoms with Gasteiger partial charge in [0.2, 0.25) is 5.91 Å². The number of nitrogens with zero attached hydrogens (tertiary/aromatic N) is 2. The lowest BCUT2D eigenvalue weighted by Gasteiger charge is -2.30. The molecule has 4 nitrogen and oxygen atoms in total. The Morgan fingerprint density at radius 1 is 1.17 bits per heavy atom. The van der Waals surface area contributed by atoms with Gasteiger partial charge in [0.15, 0.2) is 0 Å². The Balaban J connectivity index is 1.85. The molecule has 0 saturated carbocycles. The van der Waals surface area contributed by atoms with Crippen LogP contribution in [0.2, 0.25) is 0 Å². The molecule has 1 aliphatic rings. The predicted octanol–water partition coefficient (Wildman–Crippen LogP) is 2.41. The minimum atomic E-state index is -0.358. The minimum Gasteiger partial charge on any atom is -0.378 e. The van der Waals surface area contributed by atoms with Crippen LogP contribution in [0, 0.1) is 5.82 Å². The molecular formula is C18H19FN2O2. The van der Waals surface area contributed by atoms with Crippen molar-refractivity contribution in [1.29, 1.82) is 0 Å². The Morgan fingerprint density at radius 2 is 1.91 bits per heavy atom. The monoisotopic (exact) mass is 314 g/mol. The van der Waals surface area contributed by atoms with Gasteiger partial charge in [0, 0.05) is 31.4 Å². The molecule has 0 bridgehead atoms. The fourth-order valence-corrected chi connectivity index (χ4v) is 2.77. The Kier molecular flexibility index (Phi) is 4.98. The standard InChI is InChI=1S/C18H19FN2O2/c19-15-6-4-14(5-7-15)17(13-16-3-1-2-8-20-16)18(22)21-9-11-23-12-10-21/h1-8,17H,9-13H2. The van der Waals surface area contributed by atoms with Crippen LogP contribution in [0.3, 0.4) is 0 Å². The minimum absolute atomic E-state index is 0.0468. The van der Waals surface area contributed by atoms with Crippen molar-refractivity contribution in [2.45, 2.75) is 12.3 Å². The van der Waals surface area contributed by atoms with Gasteiger partial charge >= 0.3 is 0 Å². The molecule has 5 heteroatoms. The van der Waals surface area contributed by atoms with Crippen molar-refractivity contribution in [1.82, 2.24) is 9.88 Å². The smallest absolute Gasteiger partial charge is 0.230 e. The number of hydrogen-bond donors (Lipinski definition) is 0. The molecule has 2 heterocycles. The first kappa shape index (κ1) is 15.6. The van der Waals surface area contributed by atoms with E-state index in [1.165, 1.54) is 12.1 Å². The second-order valence-corrected chi connectivity index (χ2v) is 5.57. The summed E-state index contributed by atoms with van der Waals surface area (Å²) in [6, 6.07) is 11.8. The van der Waals surface area contributed by atoms with E-state index in [9.17, 15) is 9.18 Å². The number of carbonyl (C=O) groups excluding carboxylic acids is 1. The highest BCUT2D eigenvalue weighted by Gasteiger charge is 2.27. The van der Waals surface area contributed by atoms with Gasteiger partial charge in [-0.25, -0.2) is 4.39 Å². The quantitative estimate of drug-likeness (QED) is 0.870. The van der Waals surface area contributed by atoms with E-state index in [0.717, 1.165) is 11.3 Å². The van der Waals surface area contributed by atoms with E-state index in [1.807, 2.05) is 23.1 Å². The molecule has 1 amide bonds. The highest BCUT2D eigenvalue weighted by Crippen LogP contribution is 2.23. The molecule has 1 aromatic heterocycles. The van der Waals surface area contributed by atoms with E-state index in [-0.39, 0.29) is 17.6 Å². The van der Waals surface area contributed by atoms with Crippen molar-refractivity contribution in [2.24, 2.45) is 0 Å². The van der Waals surface area contributed by atoms with Crippen molar-refractivity contribution < 1.29 is 13.9 Å². The first-order valence-corrected chi connectivity index (χ1v) is 7.76. The summed E-state index contributed by atoms with van der Waals surface area (Å²) in [6.45, 7) is 2.31. The van der Waals surface area contributed by atoms with Crippen LogP contribution in [-0.4, -0.2) is 42.1 Å². The summed E-state index contributed by atoms with van der Waals surface area (Å²) in [4.78, 5) is 19.1.